The van der Waals surface area contributed by atoms with Crippen LogP contribution in [0, 0.1) is 55.4 Å². The van der Waals surface area contributed by atoms with E-state index in [0.717, 1.165) is 23.7 Å². The summed E-state index contributed by atoms with van der Waals surface area (Å²) in [4.78, 5) is 0. The number of aryl methyl sites for hydroxylation is 8. The fraction of sp³-hybridized carbons (Fsp3) is 0.362. The molecule has 0 saturated carbocycles. The Kier molecular flexibility index (Phi) is 13.5. The molecule has 260 valence electrons. The maximum absolute atomic E-state index is 5.85. The molecule has 0 N–H and O–H groups in total. The molecule has 0 unspecified atom stereocenters. The highest BCUT2D eigenvalue weighted by Crippen LogP contribution is 2.37. The van der Waals surface area contributed by atoms with Crippen molar-refractivity contribution in [2.45, 2.75) is 107 Å². The summed E-state index contributed by atoms with van der Waals surface area (Å²) < 4.78 is 10.9. The van der Waals surface area contributed by atoms with Crippen LogP contribution in [0.1, 0.15) is 102 Å². The third-order valence-electron chi connectivity index (χ3n) is 10.1. The molecule has 0 aliphatic heterocycles. The van der Waals surface area contributed by atoms with E-state index in [9.17, 15) is 0 Å². The van der Waals surface area contributed by atoms with Crippen molar-refractivity contribution < 1.29 is 9.47 Å². The van der Waals surface area contributed by atoms with Crippen molar-refractivity contribution in [1.82, 2.24) is 0 Å². The second kappa shape index (κ2) is 16.9. The smallest absolute Gasteiger partial charge is 0.127 e. The molecular formula is C47H60O2. The highest BCUT2D eigenvalue weighted by Gasteiger charge is 2.27. The number of methoxy groups -OCH3 is 1. The second-order valence-electron chi connectivity index (χ2n) is 14.9. The molecule has 0 aromatic heterocycles. The second-order valence-corrected chi connectivity index (χ2v) is 14.9. The van der Waals surface area contributed by atoms with Gasteiger partial charge in [0.15, 0.2) is 0 Å². The van der Waals surface area contributed by atoms with Crippen LogP contribution in [0.2, 0.25) is 0 Å². The highest BCUT2D eigenvalue weighted by atomic mass is 16.5. The first-order chi connectivity index (χ1) is 23.0. The van der Waals surface area contributed by atoms with Crippen LogP contribution in [0.3, 0.4) is 0 Å². The van der Waals surface area contributed by atoms with Gasteiger partial charge < -0.3 is 9.47 Å². The van der Waals surface area contributed by atoms with Crippen LogP contribution >= 0.6 is 0 Å². The van der Waals surface area contributed by atoms with Gasteiger partial charge in [-0.25, -0.2) is 0 Å². The first-order valence-corrected chi connectivity index (χ1v) is 17.6. The van der Waals surface area contributed by atoms with Gasteiger partial charge in [-0.05, 0) is 165 Å². The van der Waals surface area contributed by atoms with E-state index in [4.69, 9.17) is 9.47 Å². The van der Waals surface area contributed by atoms with Gasteiger partial charge in [-0.3, -0.25) is 0 Å². The molecule has 0 bridgehead atoms. The van der Waals surface area contributed by atoms with Gasteiger partial charge in [0.25, 0.3) is 0 Å². The number of rotatable bonds is 6. The van der Waals surface area contributed by atoms with Gasteiger partial charge in [0.2, 0.25) is 0 Å². The fourth-order valence-corrected chi connectivity index (χ4v) is 5.53. The molecule has 0 saturated heterocycles. The lowest BCUT2D eigenvalue weighted by atomic mass is 9.73. The van der Waals surface area contributed by atoms with E-state index in [2.05, 4.69) is 163 Å². The van der Waals surface area contributed by atoms with Crippen LogP contribution in [-0.2, 0) is 10.8 Å². The molecule has 5 aromatic rings. The Balaban J connectivity index is 0.000000205. The van der Waals surface area contributed by atoms with Crippen molar-refractivity contribution in [2.24, 2.45) is 0 Å². The molecule has 0 fully saturated rings. The molecule has 5 rings (SSSR count). The van der Waals surface area contributed by atoms with Gasteiger partial charge >= 0.3 is 0 Å². The molecule has 0 aliphatic rings. The lowest BCUT2D eigenvalue weighted by Crippen LogP contribution is -2.23. The maximum Gasteiger partial charge on any atom is 0.127 e. The zero-order chi connectivity index (χ0) is 36.5. The number of hydrogen-bond donors (Lipinski definition) is 0. The van der Waals surface area contributed by atoms with Gasteiger partial charge in [0, 0.05) is 5.41 Å². The maximum atomic E-state index is 5.85. The Hall–Kier alpha value is -4.30. The van der Waals surface area contributed by atoms with Gasteiger partial charge in [-0.2, -0.15) is 0 Å². The minimum absolute atomic E-state index is 0.0942. The first kappa shape index (κ1) is 39.1. The molecule has 2 heteroatoms. The fourth-order valence-electron chi connectivity index (χ4n) is 5.53. The third kappa shape index (κ3) is 10.6. The Morgan fingerprint density at radius 2 is 0.735 bits per heavy atom. The molecule has 0 heterocycles. The summed E-state index contributed by atoms with van der Waals surface area (Å²) in [5.74, 6) is 2.72. The standard InChI is InChI=1S/C20H26.C16H18O.C11H16O/c1-7-20(6,18-10-8-14(2)16(4)12-18)19-11-9-15(3)17(5)13-19;1-11-5-7-15(9-13(11)3)17-16-8-6-12(2)14(4)10-16;1-11(2,3)9-5-7-10(12-4)8-6-9/h8-13H,7H2,1-6H3;5-10H,1-4H3;5-8H,1-4H3. The van der Waals surface area contributed by atoms with E-state index in [1.165, 1.54) is 61.2 Å². The Labute approximate surface area is 298 Å². The lowest BCUT2D eigenvalue weighted by molar-refractivity contribution is 0.414. The Morgan fingerprint density at radius 3 is 1.04 bits per heavy atom. The van der Waals surface area contributed by atoms with Crippen LogP contribution in [0.15, 0.2) is 97.1 Å². The Morgan fingerprint density at radius 1 is 0.408 bits per heavy atom. The predicted molar refractivity (Wildman–Crippen MR) is 212 cm³/mol. The summed E-state index contributed by atoms with van der Waals surface area (Å²) in [6.45, 7) is 28.4. The number of benzene rings is 5. The van der Waals surface area contributed by atoms with Crippen molar-refractivity contribution in [3.63, 3.8) is 0 Å². The highest BCUT2D eigenvalue weighted by molar-refractivity contribution is 5.44. The quantitative estimate of drug-likeness (QED) is 0.181. The zero-order valence-electron chi connectivity index (χ0n) is 32.8. The van der Waals surface area contributed by atoms with E-state index in [0.29, 0.717) is 0 Å². The molecule has 5 aromatic carbocycles. The van der Waals surface area contributed by atoms with E-state index < -0.39 is 0 Å². The van der Waals surface area contributed by atoms with E-state index in [1.54, 1.807) is 7.11 Å². The van der Waals surface area contributed by atoms with E-state index in [1.807, 2.05) is 24.3 Å². The molecular weight excluding hydrogens is 597 g/mol. The van der Waals surface area contributed by atoms with Gasteiger partial charge in [-0.1, -0.05) is 95.3 Å². The molecule has 0 spiro atoms. The van der Waals surface area contributed by atoms with Crippen LogP contribution in [-0.4, -0.2) is 7.11 Å². The van der Waals surface area contributed by atoms with Crippen LogP contribution in [0.4, 0.5) is 0 Å². The number of hydrogen-bond acceptors (Lipinski definition) is 2. The van der Waals surface area contributed by atoms with Crippen molar-refractivity contribution in [1.29, 1.82) is 0 Å². The third-order valence-corrected chi connectivity index (χ3v) is 10.1. The molecule has 0 amide bonds. The largest absolute Gasteiger partial charge is 0.497 e. The Bertz CT molecular complexity index is 1720. The summed E-state index contributed by atoms with van der Waals surface area (Å²) in [6, 6.07) is 34.4. The summed E-state index contributed by atoms with van der Waals surface area (Å²) in [6.07, 6.45) is 1.11. The summed E-state index contributed by atoms with van der Waals surface area (Å²) in [5.41, 5.74) is 15.1. The van der Waals surface area contributed by atoms with Gasteiger partial charge in [0.1, 0.15) is 17.2 Å². The summed E-state index contributed by atoms with van der Waals surface area (Å²) in [5, 5.41) is 0. The van der Waals surface area contributed by atoms with Gasteiger partial charge in [0.05, 0.1) is 7.11 Å². The monoisotopic (exact) mass is 656 g/mol. The van der Waals surface area contributed by atoms with Crippen molar-refractivity contribution in [3.8, 4) is 17.2 Å². The minimum Gasteiger partial charge on any atom is -0.497 e. The van der Waals surface area contributed by atoms with Crippen molar-refractivity contribution in [2.75, 3.05) is 7.11 Å². The lowest BCUT2D eigenvalue weighted by Gasteiger charge is -2.31. The van der Waals surface area contributed by atoms with Crippen molar-refractivity contribution in [3.05, 3.63) is 158 Å². The topological polar surface area (TPSA) is 18.5 Å². The first-order valence-electron chi connectivity index (χ1n) is 17.6. The molecule has 2 nitrogen and oxygen atoms in total. The average Bonchev–Trinajstić information content (AvgIpc) is 3.07. The van der Waals surface area contributed by atoms with Crippen LogP contribution < -0.4 is 9.47 Å². The number of ether oxygens (including phenoxy) is 2. The average molecular weight is 657 g/mol. The van der Waals surface area contributed by atoms with Gasteiger partial charge in [-0.15, -0.1) is 0 Å². The minimum atomic E-state index is 0.0942. The molecule has 49 heavy (non-hydrogen) atoms. The summed E-state index contributed by atoms with van der Waals surface area (Å²) >= 11 is 0. The van der Waals surface area contributed by atoms with Crippen LogP contribution in [0.5, 0.6) is 17.2 Å². The normalized spacial score (nSPS) is 11.1. The SMILES string of the molecule is CCC(C)(c1ccc(C)c(C)c1)c1ccc(C)c(C)c1.COc1ccc(C(C)(C)C)cc1.Cc1ccc(Oc2ccc(C)c(C)c2)cc1C. The zero-order valence-corrected chi connectivity index (χ0v) is 32.8. The molecule has 0 aliphatic carbocycles. The van der Waals surface area contributed by atoms with E-state index >= 15 is 0 Å². The van der Waals surface area contributed by atoms with Crippen LogP contribution in [0.25, 0.3) is 0 Å². The summed E-state index contributed by atoms with van der Waals surface area (Å²) in [7, 11) is 1.69. The molecule has 0 atom stereocenters. The predicted octanol–water partition coefficient (Wildman–Crippen LogP) is 13.3. The van der Waals surface area contributed by atoms with E-state index in [-0.39, 0.29) is 10.8 Å². The molecule has 0 radical (unpaired) electrons. The van der Waals surface area contributed by atoms with Crippen molar-refractivity contribution >= 4 is 0 Å².